The molecule has 150 valence electrons. The zero-order valence-corrected chi connectivity index (χ0v) is 16.5. The molecule has 2 aromatic rings. The summed E-state index contributed by atoms with van der Waals surface area (Å²) in [5, 5.41) is 16.7. The van der Waals surface area contributed by atoms with Crippen LogP contribution in [0.15, 0.2) is 48.1 Å². The highest BCUT2D eigenvalue weighted by atomic mass is 16.3. The largest absolute Gasteiger partial charge is 0.393 e. The fourth-order valence-electron chi connectivity index (χ4n) is 3.67. The number of nitrogens with one attached hydrogen (secondary N) is 2. The van der Waals surface area contributed by atoms with Crippen molar-refractivity contribution in [1.29, 1.82) is 0 Å². The fourth-order valence-corrected chi connectivity index (χ4v) is 3.67. The summed E-state index contributed by atoms with van der Waals surface area (Å²) in [6.45, 7) is 3.78. The van der Waals surface area contributed by atoms with Crippen molar-refractivity contribution >= 4 is 35.4 Å². The third kappa shape index (κ3) is 4.90. The van der Waals surface area contributed by atoms with Gasteiger partial charge in [-0.2, -0.15) is 4.98 Å². The van der Waals surface area contributed by atoms with Gasteiger partial charge in [-0.25, -0.2) is 4.98 Å². The lowest BCUT2D eigenvalue weighted by Gasteiger charge is -2.27. The summed E-state index contributed by atoms with van der Waals surface area (Å²) in [5.74, 6) is 1.33. The van der Waals surface area contributed by atoms with Gasteiger partial charge in [-0.15, -0.1) is 0 Å². The Kier molecular flexibility index (Phi) is 6.00. The minimum atomic E-state index is -0.181. The zero-order valence-electron chi connectivity index (χ0n) is 16.5. The topological polar surface area (TPSA) is 82.4 Å². The fraction of sp³-hybridized carbons (Fsp3) is 0.348. The summed E-state index contributed by atoms with van der Waals surface area (Å²) in [7, 11) is 0. The second-order valence-corrected chi connectivity index (χ2v) is 7.54. The van der Waals surface area contributed by atoms with E-state index in [1.165, 1.54) is 0 Å². The highest BCUT2D eigenvalue weighted by Crippen LogP contribution is 2.29. The monoisotopic (exact) mass is 389 g/mol. The van der Waals surface area contributed by atoms with Crippen LogP contribution in [-0.2, 0) is 0 Å². The third-order valence-corrected chi connectivity index (χ3v) is 5.37. The van der Waals surface area contributed by atoms with Crippen LogP contribution >= 0.6 is 0 Å². The Morgan fingerprint density at radius 2 is 1.86 bits per heavy atom. The summed E-state index contributed by atoms with van der Waals surface area (Å²) in [4.78, 5) is 13.8. The maximum Gasteiger partial charge on any atom is 0.229 e. The predicted molar refractivity (Wildman–Crippen MR) is 119 cm³/mol. The maximum absolute atomic E-state index is 9.80. The van der Waals surface area contributed by atoms with Gasteiger partial charge in [0.15, 0.2) is 0 Å². The number of aromatic nitrogens is 2. The van der Waals surface area contributed by atoms with E-state index in [2.05, 4.69) is 33.3 Å². The molecule has 1 aromatic heterocycles. The second kappa shape index (κ2) is 9.01. The first-order valence-electron chi connectivity index (χ1n) is 10.3. The molecule has 1 fully saturated rings. The molecule has 0 unspecified atom stereocenters. The Morgan fingerprint density at radius 3 is 2.55 bits per heavy atom. The van der Waals surface area contributed by atoms with Crippen molar-refractivity contribution in [2.24, 2.45) is 4.99 Å². The predicted octanol–water partition coefficient (Wildman–Crippen LogP) is 4.78. The zero-order chi connectivity index (χ0) is 20.1. The van der Waals surface area contributed by atoms with Gasteiger partial charge in [-0.3, -0.25) is 4.99 Å². The highest BCUT2D eigenvalue weighted by molar-refractivity contribution is 5.81. The Balaban J connectivity index is 1.59. The Labute approximate surface area is 171 Å². The number of nitrogens with zero attached hydrogens (tertiary/aromatic N) is 3. The summed E-state index contributed by atoms with van der Waals surface area (Å²) < 4.78 is 0. The summed E-state index contributed by atoms with van der Waals surface area (Å²) in [6.07, 6.45) is 13.0. The van der Waals surface area contributed by atoms with E-state index in [9.17, 15) is 5.11 Å². The molecule has 0 amide bonds. The molecule has 6 nitrogen and oxygen atoms in total. The van der Waals surface area contributed by atoms with Crippen LogP contribution < -0.4 is 10.6 Å². The van der Waals surface area contributed by atoms with E-state index in [1.54, 1.807) is 0 Å². The van der Waals surface area contributed by atoms with Crippen LogP contribution in [0.5, 0.6) is 0 Å². The molecule has 1 aliphatic heterocycles. The number of allylic oxidation sites excluding steroid dienone is 1. The Bertz CT molecular complexity index is 911. The van der Waals surface area contributed by atoms with E-state index >= 15 is 0 Å². The molecule has 0 spiro atoms. The average molecular weight is 390 g/mol. The van der Waals surface area contributed by atoms with Gasteiger partial charge in [0.05, 0.1) is 17.4 Å². The molecular formula is C23H27N5O. The van der Waals surface area contributed by atoms with Gasteiger partial charge in [-0.1, -0.05) is 30.9 Å². The Morgan fingerprint density at radius 1 is 1.07 bits per heavy atom. The summed E-state index contributed by atoms with van der Waals surface area (Å²) >= 11 is 0. The van der Waals surface area contributed by atoms with Crippen molar-refractivity contribution in [2.45, 2.75) is 50.7 Å². The van der Waals surface area contributed by atoms with Crippen molar-refractivity contribution in [3.63, 3.8) is 0 Å². The highest BCUT2D eigenvalue weighted by Gasteiger charge is 2.22. The molecule has 6 heteroatoms. The molecule has 3 N–H and O–H groups in total. The molecule has 0 atom stereocenters. The summed E-state index contributed by atoms with van der Waals surface area (Å²) in [6, 6.07) is 8.26. The first-order valence-corrected chi connectivity index (χ1v) is 10.3. The molecule has 1 aliphatic carbocycles. The minimum Gasteiger partial charge on any atom is -0.393 e. The lowest BCUT2D eigenvalue weighted by Crippen LogP contribution is -2.29. The van der Waals surface area contributed by atoms with Gasteiger partial charge in [0.2, 0.25) is 5.95 Å². The normalized spacial score (nSPS) is 21.3. The van der Waals surface area contributed by atoms with E-state index < -0.39 is 0 Å². The van der Waals surface area contributed by atoms with Gasteiger partial charge in [-0.05, 0) is 56.2 Å². The average Bonchev–Trinajstić information content (AvgIpc) is 2.77. The van der Waals surface area contributed by atoms with Crippen molar-refractivity contribution < 1.29 is 5.11 Å². The molecule has 2 aliphatic rings. The molecule has 1 saturated carbocycles. The number of aliphatic hydroxyl groups is 1. The minimum absolute atomic E-state index is 0.181. The van der Waals surface area contributed by atoms with E-state index in [-0.39, 0.29) is 6.10 Å². The van der Waals surface area contributed by atoms with Crippen LogP contribution in [0.1, 0.15) is 49.7 Å². The van der Waals surface area contributed by atoms with E-state index in [1.807, 2.05) is 42.8 Å². The lowest BCUT2D eigenvalue weighted by molar-refractivity contribution is 0.126. The van der Waals surface area contributed by atoms with Crippen LogP contribution in [-0.4, -0.2) is 33.4 Å². The maximum atomic E-state index is 9.80. The molecule has 29 heavy (non-hydrogen) atoms. The number of hydrogen-bond acceptors (Lipinski definition) is 6. The second-order valence-electron chi connectivity index (χ2n) is 7.54. The van der Waals surface area contributed by atoms with Crippen LogP contribution in [0, 0.1) is 0 Å². The molecule has 2 heterocycles. The van der Waals surface area contributed by atoms with Gasteiger partial charge in [0, 0.05) is 24.1 Å². The van der Waals surface area contributed by atoms with Gasteiger partial charge in [0.25, 0.3) is 0 Å². The molecule has 4 rings (SSSR count). The van der Waals surface area contributed by atoms with Crippen molar-refractivity contribution in [2.75, 3.05) is 10.6 Å². The van der Waals surface area contributed by atoms with Crippen LogP contribution in [0.2, 0.25) is 0 Å². The molecule has 0 saturated heterocycles. The first-order chi connectivity index (χ1) is 14.2. The SMILES string of the molecule is C=Cc1ccc(Nc2ncc(C3=CCCC=N3)c(NC3CCC(O)CC3)n2)cc1. The molecule has 0 bridgehead atoms. The van der Waals surface area contributed by atoms with Crippen LogP contribution in [0.4, 0.5) is 17.5 Å². The van der Waals surface area contributed by atoms with Gasteiger partial charge >= 0.3 is 0 Å². The molecule has 0 radical (unpaired) electrons. The molecule has 1 aromatic carbocycles. The van der Waals surface area contributed by atoms with E-state index in [4.69, 9.17) is 4.98 Å². The number of anilines is 3. The first kappa shape index (κ1) is 19.3. The van der Waals surface area contributed by atoms with E-state index in [0.29, 0.717) is 12.0 Å². The van der Waals surface area contributed by atoms with Crippen molar-refractivity contribution in [3.8, 4) is 0 Å². The number of aliphatic imine (C=N–C) groups is 1. The van der Waals surface area contributed by atoms with Crippen LogP contribution in [0.25, 0.3) is 11.8 Å². The van der Waals surface area contributed by atoms with Crippen molar-refractivity contribution in [1.82, 2.24) is 9.97 Å². The number of aliphatic hydroxyl groups excluding tert-OH is 1. The quantitative estimate of drug-likeness (QED) is 0.662. The van der Waals surface area contributed by atoms with Crippen LogP contribution in [0.3, 0.4) is 0 Å². The number of hydrogen-bond donors (Lipinski definition) is 3. The number of benzene rings is 1. The summed E-state index contributed by atoms with van der Waals surface area (Å²) in [5.41, 5.74) is 3.82. The molecular weight excluding hydrogens is 362 g/mol. The smallest absolute Gasteiger partial charge is 0.229 e. The Hall–Kier alpha value is -2.99. The van der Waals surface area contributed by atoms with E-state index in [0.717, 1.165) is 66.9 Å². The third-order valence-electron chi connectivity index (χ3n) is 5.37. The standard InChI is InChI=1S/C23H27N5O/c1-2-16-6-8-18(9-7-16)27-23-25-15-20(21-5-3-4-14-24-21)22(28-23)26-17-10-12-19(29)13-11-17/h2,5-9,14-15,17,19,29H,1,3-4,10-13H2,(H2,25,26,27,28). The lowest BCUT2D eigenvalue weighted by atomic mass is 9.93. The van der Waals surface area contributed by atoms with Gasteiger partial charge in [0.1, 0.15) is 5.82 Å². The van der Waals surface area contributed by atoms with Gasteiger partial charge < -0.3 is 15.7 Å². The van der Waals surface area contributed by atoms with Crippen molar-refractivity contribution in [3.05, 3.63) is 54.2 Å². The number of rotatable bonds is 6.